The van der Waals surface area contributed by atoms with E-state index in [0.29, 0.717) is 58.8 Å². The summed E-state index contributed by atoms with van der Waals surface area (Å²) in [6.07, 6.45) is 7.12. The molecule has 18 heteroatoms. The maximum atomic E-state index is 13.2. The number of unbranched alkanes of at least 4 members (excludes halogenated alkanes) is 2. The third kappa shape index (κ3) is 10.5. The van der Waals surface area contributed by atoms with E-state index in [1.54, 1.807) is 42.3 Å². The van der Waals surface area contributed by atoms with E-state index in [-0.39, 0.29) is 23.3 Å². The lowest BCUT2D eigenvalue weighted by molar-refractivity contribution is -0.136. The van der Waals surface area contributed by atoms with E-state index >= 15 is 0 Å². The second-order valence-corrected chi connectivity index (χ2v) is 19.1. The summed E-state index contributed by atoms with van der Waals surface area (Å²) in [5.41, 5.74) is 4.56. The number of hydrogen-bond donors (Lipinski definition) is 3. The number of nitrogens with zero attached hydrogens (tertiary/aromatic N) is 6. The van der Waals surface area contributed by atoms with E-state index in [2.05, 4.69) is 58.5 Å². The SMILES string of the molecule is COc1cc(N2CCC(N3CCN(CCCCC#Cc4cccc5c4CN(C4CCC(=O)NC4=O)C5=O)CC3)CC2)ccc1Nc1ncc(Cl)c(Nc2ccccc2P(=O)(OC)OC)n1. The monoisotopic (exact) mass is 923 g/mol. The summed E-state index contributed by atoms with van der Waals surface area (Å²) in [5, 5.41) is 9.41. The molecule has 3 fully saturated rings. The number of aromatic nitrogens is 2. The summed E-state index contributed by atoms with van der Waals surface area (Å²) in [6, 6.07) is 18.6. The van der Waals surface area contributed by atoms with Crippen LogP contribution in [0.4, 0.5) is 28.8 Å². The number of nitrogens with one attached hydrogen (secondary N) is 3. The number of methoxy groups -OCH3 is 1. The van der Waals surface area contributed by atoms with Gasteiger partial charge >= 0.3 is 7.60 Å². The second-order valence-electron chi connectivity index (χ2n) is 16.5. The predicted octanol–water partition coefficient (Wildman–Crippen LogP) is 6.31. The fraction of sp³-hybridized carbons (Fsp3) is 0.426. The van der Waals surface area contributed by atoms with Crippen LogP contribution in [0.2, 0.25) is 5.02 Å². The molecule has 4 aromatic rings. The first-order valence-electron chi connectivity index (χ1n) is 22.1. The molecule has 0 spiro atoms. The van der Waals surface area contributed by atoms with Crippen LogP contribution in [0.5, 0.6) is 5.75 Å². The highest BCUT2D eigenvalue weighted by Crippen LogP contribution is 2.47. The molecule has 5 heterocycles. The molecule has 3 saturated heterocycles. The Morgan fingerprint density at radius 2 is 1.68 bits per heavy atom. The number of carbonyl (C=O) groups is 3. The Morgan fingerprint density at radius 1 is 0.892 bits per heavy atom. The first-order valence-corrected chi connectivity index (χ1v) is 24.0. The summed E-state index contributed by atoms with van der Waals surface area (Å²) >= 11 is 6.49. The standard InChI is InChI=1S/C47H55ClN9O7P/c1-62-41-29-34(16-17-38(41)51-47-49-30-37(48)44(53-47)50-39-14-7-8-15-42(39)65(61,63-2)64-3)55-23-20-33(21-24-55)56-27-25-54(26-28-56)22-9-5-4-6-11-32-12-10-13-35-36(32)31-57(46(35)60)40-18-19-43(58)52-45(40)59/h7-8,10,12-17,29-30,33,40H,4-5,9,18-28,31H2,1-3H3,(H,52,58,59)(H2,49,50,51,53). The number of hydrogen-bond acceptors (Lipinski definition) is 14. The number of benzene rings is 3. The van der Waals surface area contributed by atoms with Crippen LogP contribution in [0.15, 0.2) is 66.9 Å². The topological polar surface area (TPSA) is 171 Å². The molecule has 0 radical (unpaired) electrons. The fourth-order valence-electron chi connectivity index (χ4n) is 9.08. The predicted molar refractivity (Wildman–Crippen MR) is 251 cm³/mol. The van der Waals surface area contributed by atoms with Crippen molar-refractivity contribution in [3.63, 3.8) is 0 Å². The lowest BCUT2D eigenvalue weighted by Gasteiger charge is -2.43. The Hall–Kier alpha value is -5.53. The highest BCUT2D eigenvalue weighted by molar-refractivity contribution is 7.62. The van der Waals surface area contributed by atoms with Crippen LogP contribution in [-0.2, 0) is 29.7 Å². The van der Waals surface area contributed by atoms with Gasteiger partial charge in [0.15, 0.2) is 5.82 Å². The maximum absolute atomic E-state index is 13.2. The molecule has 4 aliphatic rings. The average Bonchev–Trinajstić information content (AvgIpc) is 3.67. The van der Waals surface area contributed by atoms with Crippen molar-refractivity contribution in [2.45, 2.75) is 63.6 Å². The molecule has 3 aromatic carbocycles. The highest BCUT2D eigenvalue weighted by Gasteiger charge is 2.40. The number of halogens is 1. The Labute approximate surface area is 384 Å². The van der Waals surface area contributed by atoms with Gasteiger partial charge in [-0.05, 0) is 80.6 Å². The van der Waals surface area contributed by atoms with Gasteiger partial charge in [0.05, 0.1) is 30.0 Å². The fourth-order valence-corrected chi connectivity index (χ4v) is 10.5. The van der Waals surface area contributed by atoms with Crippen molar-refractivity contribution < 1.29 is 32.7 Å². The Kier molecular flexibility index (Phi) is 14.7. The molecular weight excluding hydrogens is 869 g/mol. The molecular formula is C47H55ClN9O7P. The molecule has 0 aliphatic carbocycles. The smallest absolute Gasteiger partial charge is 0.362 e. The van der Waals surface area contributed by atoms with E-state index in [0.717, 1.165) is 94.7 Å². The van der Waals surface area contributed by atoms with Gasteiger partial charge in [-0.25, -0.2) is 4.98 Å². The van der Waals surface area contributed by atoms with E-state index in [1.807, 2.05) is 24.3 Å². The Balaban J connectivity index is 0.770. The minimum atomic E-state index is -3.56. The number of piperidine rings is 2. The van der Waals surface area contributed by atoms with Crippen LogP contribution >= 0.6 is 19.2 Å². The molecule has 1 atom stereocenters. The van der Waals surface area contributed by atoms with Crippen molar-refractivity contribution in [3.8, 4) is 17.6 Å². The lowest BCUT2D eigenvalue weighted by Crippen LogP contribution is -2.53. The van der Waals surface area contributed by atoms with Gasteiger partial charge in [-0.15, -0.1) is 0 Å². The zero-order valence-electron chi connectivity index (χ0n) is 37.0. The molecule has 16 nitrogen and oxygen atoms in total. The second kappa shape index (κ2) is 20.8. The lowest BCUT2D eigenvalue weighted by atomic mass is 10.0. The molecule has 4 aliphatic heterocycles. The first-order chi connectivity index (χ1) is 31.6. The summed E-state index contributed by atoms with van der Waals surface area (Å²) in [6.45, 7) is 7.58. The summed E-state index contributed by atoms with van der Waals surface area (Å²) in [7, 11) is 0.756. The third-order valence-electron chi connectivity index (χ3n) is 12.7. The number of imide groups is 1. The Morgan fingerprint density at radius 3 is 2.43 bits per heavy atom. The number of anilines is 5. The number of carbonyl (C=O) groups excluding carboxylic acids is 3. The zero-order valence-corrected chi connectivity index (χ0v) is 38.6. The zero-order chi connectivity index (χ0) is 45.5. The van der Waals surface area contributed by atoms with Gasteiger partial charge < -0.3 is 39.1 Å². The van der Waals surface area contributed by atoms with E-state index in [9.17, 15) is 18.9 Å². The van der Waals surface area contributed by atoms with Gasteiger partial charge in [-0.1, -0.05) is 41.6 Å². The minimum absolute atomic E-state index is 0.176. The number of ether oxygens (including phenoxy) is 1. The van der Waals surface area contributed by atoms with Crippen molar-refractivity contribution in [2.24, 2.45) is 0 Å². The van der Waals surface area contributed by atoms with E-state index < -0.39 is 19.5 Å². The van der Waals surface area contributed by atoms with Gasteiger partial charge in [0, 0.05) is 102 Å². The van der Waals surface area contributed by atoms with Crippen LogP contribution in [0.25, 0.3) is 0 Å². The number of rotatable bonds is 15. The molecule has 1 unspecified atom stereocenters. The largest absolute Gasteiger partial charge is 0.494 e. The average molecular weight is 924 g/mol. The van der Waals surface area contributed by atoms with Crippen LogP contribution in [-0.4, -0.2) is 122 Å². The Bertz CT molecular complexity index is 2510. The van der Waals surface area contributed by atoms with Gasteiger partial charge in [0.1, 0.15) is 16.8 Å². The van der Waals surface area contributed by atoms with Crippen molar-refractivity contribution in [2.75, 3.05) is 82.7 Å². The molecule has 65 heavy (non-hydrogen) atoms. The molecule has 342 valence electrons. The van der Waals surface area contributed by atoms with Crippen molar-refractivity contribution >= 4 is 71.1 Å². The van der Waals surface area contributed by atoms with Crippen molar-refractivity contribution in [1.29, 1.82) is 0 Å². The summed E-state index contributed by atoms with van der Waals surface area (Å²) < 4.78 is 29.5. The normalized spacial score (nSPS) is 18.5. The van der Waals surface area contributed by atoms with Crippen molar-refractivity contribution in [1.82, 2.24) is 30.0 Å². The number of amides is 3. The summed E-state index contributed by atoms with van der Waals surface area (Å²) in [5.74, 6) is 7.01. The molecule has 3 amide bonds. The maximum Gasteiger partial charge on any atom is 0.362 e. The van der Waals surface area contributed by atoms with Gasteiger partial charge in [-0.2, -0.15) is 4.98 Å². The van der Waals surface area contributed by atoms with Gasteiger partial charge in [0.2, 0.25) is 17.8 Å². The van der Waals surface area contributed by atoms with E-state index in [4.69, 9.17) is 25.4 Å². The molecule has 8 rings (SSSR count). The van der Waals surface area contributed by atoms with Crippen LogP contribution < -0.4 is 30.9 Å². The number of para-hydroxylation sites is 1. The molecule has 1 aromatic heterocycles. The van der Waals surface area contributed by atoms with Crippen LogP contribution in [0.1, 0.15) is 66.4 Å². The van der Waals surface area contributed by atoms with Gasteiger partial charge in [-0.3, -0.25) is 29.2 Å². The quantitative estimate of drug-likeness (QED) is 0.0525. The minimum Gasteiger partial charge on any atom is -0.494 e. The first kappa shape index (κ1) is 46.0. The molecule has 0 saturated carbocycles. The highest BCUT2D eigenvalue weighted by atomic mass is 35.5. The molecule has 0 bridgehead atoms. The van der Waals surface area contributed by atoms with Crippen molar-refractivity contribution in [3.05, 3.63) is 88.6 Å². The third-order valence-corrected chi connectivity index (χ3v) is 14.9. The molecule has 3 N–H and O–H groups in total. The number of piperazine rings is 1. The van der Waals surface area contributed by atoms with Crippen LogP contribution in [0, 0.1) is 11.8 Å². The van der Waals surface area contributed by atoms with E-state index in [1.165, 1.54) is 20.4 Å². The van der Waals surface area contributed by atoms with Gasteiger partial charge in [0.25, 0.3) is 5.91 Å². The van der Waals surface area contributed by atoms with Crippen LogP contribution in [0.3, 0.4) is 0 Å². The summed E-state index contributed by atoms with van der Waals surface area (Å²) in [4.78, 5) is 55.5. The number of fused-ring (bicyclic) bond motifs is 1.